The number of benzene rings is 1. The van der Waals surface area contributed by atoms with E-state index in [-0.39, 0.29) is 24.7 Å². The molecule has 0 spiro atoms. The van der Waals surface area contributed by atoms with Crippen molar-refractivity contribution >= 4 is 16.9 Å². The molecule has 3 rings (SSSR count). The fourth-order valence-electron chi connectivity index (χ4n) is 2.42. The van der Waals surface area contributed by atoms with Crippen LogP contribution in [0.3, 0.4) is 0 Å². The van der Waals surface area contributed by atoms with Crippen molar-refractivity contribution < 1.29 is 14.6 Å². The monoisotopic (exact) mass is 287 g/mol. The van der Waals surface area contributed by atoms with Gasteiger partial charge in [0, 0.05) is 6.54 Å². The van der Waals surface area contributed by atoms with Crippen LogP contribution >= 0.6 is 0 Å². The molecule has 1 aliphatic rings. The maximum Gasteiger partial charge on any atom is 0.274 e. The fourth-order valence-corrected chi connectivity index (χ4v) is 2.42. The maximum atomic E-state index is 12.6. The van der Waals surface area contributed by atoms with Crippen LogP contribution in [-0.4, -0.2) is 57.8 Å². The predicted octanol–water partition coefficient (Wildman–Crippen LogP) is 0.852. The molecule has 1 saturated heterocycles. The van der Waals surface area contributed by atoms with Gasteiger partial charge in [0.2, 0.25) is 0 Å². The first-order chi connectivity index (χ1) is 10.2. The molecule has 0 bridgehead atoms. The summed E-state index contributed by atoms with van der Waals surface area (Å²) in [4.78, 5) is 22.9. The van der Waals surface area contributed by atoms with Crippen LogP contribution in [-0.2, 0) is 4.74 Å². The number of ether oxygens (including phenoxy) is 1. The first kappa shape index (κ1) is 13.9. The van der Waals surface area contributed by atoms with Gasteiger partial charge in [-0.2, -0.15) is 0 Å². The Hall–Kier alpha value is -2.05. The van der Waals surface area contributed by atoms with Crippen molar-refractivity contribution in [3.63, 3.8) is 0 Å². The van der Waals surface area contributed by atoms with E-state index in [4.69, 9.17) is 4.74 Å². The summed E-state index contributed by atoms with van der Waals surface area (Å²) < 4.78 is 5.45. The topological polar surface area (TPSA) is 75.6 Å². The minimum absolute atomic E-state index is 0.0476. The fraction of sp³-hybridized carbons (Fsp3) is 0.400. The van der Waals surface area contributed by atoms with Crippen LogP contribution in [0.1, 0.15) is 17.4 Å². The van der Waals surface area contributed by atoms with Crippen molar-refractivity contribution in [2.45, 2.75) is 19.1 Å². The number of para-hydroxylation sites is 2. The maximum absolute atomic E-state index is 12.6. The van der Waals surface area contributed by atoms with Crippen molar-refractivity contribution in [1.29, 1.82) is 0 Å². The molecule has 6 heteroatoms. The summed E-state index contributed by atoms with van der Waals surface area (Å²) in [6.45, 7) is 2.60. The summed E-state index contributed by atoms with van der Waals surface area (Å²) in [5.74, 6) is -0.178. The van der Waals surface area contributed by atoms with Crippen LogP contribution in [0, 0.1) is 0 Å². The molecule has 1 N–H and O–H groups in total. The lowest BCUT2D eigenvalue weighted by atomic mass is 10.2. The van der Waals surface area contributed by atoms with Crippen LogP contribution in [0.25, 0.3) is 11.0 Å². The van der Waals surface area contributed by atoms with Gasteiger partial charge in [-0.25, -0.2) is 4.98 Å². The van der Waals surface area contributed by atoms with Crippen molar-refractivity contribution in [3.8, 4) is 0 Å². The molecule has 0 aliphatic carbocycles. The summed E-state index contributed by atoms with van der Waals surface area (Å²) >= 11 is 0. The molecule has 2 aromatic rings. The van der Waals surface area contributed by atoms with Gasteiger partial charge in [-0.15, -0.1) is 0 Å². The molecule has 1 aliphatic heterocycles. The first-order valence-corrected chi connectivity index (χ1v) is 6.94. The van der Waals surface area contributed by atoms with E-state index >= 15 is 0 Å². The van der Waals surface area contributed by atoms with Gasteiger partial charge in [0.25, 0.3) is 5.91 Å². The molecule has 1 aromatic carbocycles. The zero-order valence-electron chi connectivity index (χ0n) is 11.8. The molecule has 0 saturated carbocycles. The van der Waals surface area contributed by atoms with Gasteiger partial charge < -0.3 is 14.7 Å². The average Bonchev–Trinajstić information content (AvgIpc) is 2.54. The zero-order valence-corrected chi connectivity index (χ0v) is 11.8. The number of nitrogens with zero attached hydrogens (tertiary/aromatic N) is 3. The Morgan fingerprint density at radius 2 is 2.19 bits per heavy atom. The molecule has 0 radical (unpaired) electrons. The second kappa shape index (κ2) is 5.75. The Balaban J connectivity index is 1.88. The number of carbonyl (C=O) groups is 1. The quantitative estimate of drug-likeness (QED) is 0.886. The molecule has 1 aromatic heterocycles. The van der Waals surface area contributed by atoms with Crippen LogP contribution < -0.4 is 0 Å². The van der Waals surface area contributed by atoms with E-state index in [1.165, 1.54) is 6.20 Å². The van der Waals surface area contributed by atoms with E-state index in [2.05, 4.69) is 9.97 Å². The number of morpholine rings is 1. The number of carbonyl (C=O) groups excluding carboxylic acids is 1. The van der Waals surface area contributed by atoms with E-state index in [1.807, 2.05) is 31.2 Å². The van der Waals surface area contributed by atoms with Crippen molar-refractivity contribution in [2.75, 3.05) is 19.8 Å². The van der Waals surface area contributed by atoms with Crippen LogP contribution in [0.15, 0.2) is 30.5 Å². The number of aromatic nitrogens is 2. The third-order valence-electron chi connectivity index (χ3n) is 3.64. The SMILES string of the molecule is CC1COC(CO)CN1C(=O)c1cnc2ccccc2n1. The van der Waals surface area contributed by atoms with E-state index in [9.17, 15) is 9.90 Å². The molecule has 1 amide bonds. The van der Waals surface area contributed by atoms with Gasteiger partial charge >= 0.3 is 0 Å². The Labute approximate surface area is 122 Å². The zero-order chi connectivity index (χ0) is 14.8. The van der Waals surface area contributed by atoms with Gasteiger partial charge in [-0.3, -0.25) is 9.78 Å². The van der Waals surface area contributed by atoms with Crippen LogP contribution in [0.2, 0.25) is 0 Å². The van der Waals surface area contributed by atoms with Crippen LogP contribution in [0.4, 0.5) is 0 Å². The summed E-state index contributed by atoms with van der Waals surface area (Å²) in [7, 11) is 0. The van der Waals surface area contributed by atoms with Gasteiger partial charge in [0.15, 0.2) is 0 Å². The van der Waals surface area contributed by atoms with Gasteiger partial charge in [0.1, 0.15) is 5.69 Å². The smallest absolute Gasteiger partial charge is 0.274 e. The largest absolute Gasteiger partial charge is 0.394 e. The molecular formula is C15H17N3O3. The Morgan fingerprint density at radius 1 is 1.43 bits per heavy atom. The lowest BCUT2D eigenvalue weighted by molar-refractivity contribution is -0.0668. The van der Waals surface area contributed by atoms with Gasteiger partial charge in [0.05, 0.1) is 42.6 Å². The predicted molar refractivity (Wildman–Crippen MR) is 76.9 cm³/mol. The Kier molecular flexibility index (Phi) is 3.81. The first-order valence-electron chi connectivity index (χ1n) is 6.94. The minimum atomic E-state index is -0.335. The van der Waals surface area contributed by atoms with Gasteiger partial charge in [-0.05, 0) is 19.1 Å². The summed E-state index contributed by atoms with van der Waals surface area (Å²) in [6, 6.07) is 7.39. The number of amides is 1. The lowest BCUT2D eigenvalue weighted by Gasteiger charge is -2.37. The highest BCUT2D eigenvalue weighted by molar-refractivity contribution is 5.94. The summed E-state index contributed by atoms with van der Waals surface area (Å²) in [5, 5.41) is 9.20. The van der Waals surface area contributed by atoms with E-state index in [0.29, 0.717) is 24.4 Å². The minimum Gasteiger partial charge on any atom is -0.394 e. The molecule has 2 heterocycles. The highest BCUT2D eigenvalue weighted by Gasteiger charge is 2.30. The molecule has 1 fully saturated rings. The number of hydrogen-bond acceptors (Lipinski definition) is 5. The number of rotatable bonds is 2. The molecule has 21 heavy (non-hydrogen) atoms. The van der Waals surface area contributed by atoms with E-state index in [0.717, 1.165) is 5.52 Å². The van der Waals surface area contributed by atoms with Crippen molar-refractivity contribution in [2.24, 2.45) is 0 Å². The molecule has 6 nitrogen and oxygen atoms in total. The van der Waals surface area contributed by atoms with E-state index in [1.54, 1.807) is 4.90 Å². The number of aliphatic hydroxyl groups excluding tert-OH is 1. The molecule has 110 valence electrons. The van der Waals surface area contributed by atoms with Crippen LogP contribution in [0.5, 0.6) is 0 Å². The standard InChI is InChI=1S/C15H17N3O3/c1-10-9-21-11(8-19)7-18(10)15(20)14-6-16-12-4-2-3-5-13(12)17-14/h2-6,10-11,19H,7-9H2,1H3. The highest BCUT2D eigenvalue weighted by Crippen LogP contribution is 2.16. The Morgan fingerprint density at radius 3 is 2.95 bits per heavy atom. The molecule has 2 atom stereocenters. The number of aliphatic hydroxyl groups is 1. The third-order valence-corrected chi connectivity index (χ3v) is 3.64. The number of hydrogen-bond donors (Lipinski definition) is 1. The Bertz CT molecular complexity index is 661. The number of fused-ring (bicyclic) bond motifs is 1. The second-order valence-corrected chi connectivity index (χ2v) is 5.19. The third kappa shape index (κ3) is 2.72. The summed E-state index contributed by atoms with van der Waals surface area (Å²) in [5.41, 5.74) is 1.78. The van der Waals surface area contributed by atoms with E-state index < -0.39 is 0 Å². The van der Waals surface area contributed by atoms with Crippen molar-refractivity contribution in [1.82, 2.24) is 14.9 Å². The lowest BCUT2D eigenvalue weighted by Crippen LogP contribution is -2.52. The molecular weight excluding hydrogens is 270 g/mol. The summed E-state index contributed by atoms with van der Waals surface area (Å²) in [6.07, 6.45) is 1.17. The highest BCUT2D eigenvalue weighted by atomic mass is 16.5. The van der Waals surface area contributed by atoms with Gasteiger partial charge in [-0.1, -0.05) is 12.1 Å². The van der Waals surface area contributed by atoms with Crippen molar-refractivity contribution in [3.05, 3.63) is 36.2 Å². The normalized spacial score (nSPS) is 22.5. The molecule has 2 unspecified atom stereocenters. The average molecular weight is 287 g/mol. The second-order valence-electron chi connectivity index (χ2n) is 5.19.